The van der Waals surface area contributed by atoms with Crippen molar-refractivity contribution in [2.45, 2.75) is 20.0 Å². The first-order valence-corrected chi connectivity index (χ1v) is 8.39. The minimum Gasteiger partial charge on any atom is -0.334 e. The summed E-state index contributed by atoms with van der Waals surface area (Å²) in [5.41, 5.74) is 0.792. The molecule has 7 heteroatoms. The molecule has 0 radical (unpaired) electrons. The molecule has 7 nitrogen and oxygen atoms in total. The number of amides is 1. The van der Waals surface area contributed by atoms with E-state index >= 15 is 0 Å². The number of aromatic nitrogens is 3. The Kier molecular flexibility index (Phi) is 5.55. The van der Waals surface area contributed by atoms with Crippen molar-refractivity contribution in [2.75, 3.05) is 38.0 Å². The van der Waals surface area contributed by atoms with Gasteiger partial charge in [-0.2, -0.15) is 0 Å². The predicted octanol–water partition coefficient (Wildman–Crippen LogP) is 1.05. The predicted molar refractivity (Wildman–Crippen MR) is 92.5 cm³/mol. The summed E-state index contributed by atoms with van der Waals surface area (Å²) in [4.78, 5) is 25.1. The molecule has 1 aliphatic rings. The number of carbonyl (C=O) groups excluding carboxylic acids is 1. The molecule has 3 rings (SSSR count). The molecule has 0 spiro atoms. The third-order valence-electron chi connectivity index (χ3n) is 4.30. The maximum Gasteiger partial charge on any atom is 0.238 e. The van der Waals surface area contributed by atoms with Gasteiger partial charge in [0.25, 0.3) is 0 Å². The number of piperazine rings is 1. The van der Waals surface area contributed by atoms with Gasteiger partial charge in [-0.05, 0) is 19.1 Å². The first-order valence-electron chi connectivity index (χ1n) is 8.39. The lowest BCUT2D eigenvalue weighted by Crippen LogP contribution is -2.48. The van der Waals surface area contributed by atoms with Gasteiger partial charge in [-0.15, -0.1) is 0 Å². The summed E-state index contributed by atoms with van der Waals surface area (Å²) in [6.07, 6.45) is 7.23. The highest BCUT2D eigenvalue weighted by Crippen LogP contribution is 2.08. The topological polar surface area (TPSA) is 66.3 Å². The smallest absolute Gasteiger partial charge is 0.238 e. The van der Waals surface area contributed by atoms with Gasteiger partial charge in [-0.1, -0.05) is 0 Å². The Bertz CT molecular complexity index is 648. The van der Waals surface area contributed by atoms with Gasteiger partial charge in [0, 0.05) is 63.2 Å². The van der Waals surface area contributed by atoms with E-state index in [0.717, 1.165) is 50.8 Å². The van der Waals surface area contributed by atoms with E-state index in [4.69, 9.17) is 0 Å². The zero-order chi connectivity index (χ0) is 16.8. The molecule has 0 bridgehead atoms. The lowest BCUT2D eigenvalue weighted by molar-refractivity contribution is -0.117. The summed E-state index contributed by atoms with van der Waals surface area (Å²) < 4.78 is 2.18. The van der Waals surface area contributed by atoms with Gasteiger partial charge in [0.1, 0.15) is 5.82 Å². The molecular weight excluding hydrogens is 304 g/mol. The van der Waals surface area contributed by atoms with Crippen LogP contribution < -0.4 is 5.32 Å². The summed E-state index contributed by atoms with van der Waals surface area (Å²) in [7, 11) is 0. The van der Waals surface area contributed by atoms with Crippen molar-refractivity contribution < 1.29 is 4.79 Å². The average molecular weight is 328 g/mol. The van der Waals surface area contributed by atoms with Gasteiger partial charge < -0.3 is 9.88 Å². The molecule has 2 aromatic rings. The molecule has 0 saturated carbocycles. The summed E-state index contributed by atoms with van der Waals surface area (Å²) in [5, 5.41) is 2.90. The minimum absolute atomic E-state index is 0.0242. The second-order valence-electron chi connectivity index (χ2n) is 5.97. The van der Waals surface area contributed by atoms with Crippen LogP contribution in [0, 0.1) is 0 Å². The Morgan fingerprint density at radius 1 is 1.12 bits per heavy atom. The summed E-state index contributed by atoms with van der Waals surface area (Å²) in [6.45, 7) is 8.10. The number of rotatable bonds is 6. The second kappa shape index (κ2) is 8.03. The zero-order valence-corrected chi connectivity index (χ0v) is 14.1. The number of anilines is 1. The van der Waals surface area contributed by atoms with Crippen molar-refractivity contribution in [3.05, 3.63) is 42.7 Å². The number of hydrogen-bond donors (Lipinski definition) is 1. The standard InChI is InChI=1S/C17H24N6O/c1-2-23-8-7-19-16(23)13-21-9-11-22(12-10-21)14-17(24)20-15-3-5-18-6-4-15/h3-8H,2,9-14H2,1H3,(H,18,20,24). The van der Waals surface area contributed by atoms with Gasteiger partial charge in [-0.25, -0.2) is 4.98 Å². The highest BCUT2D eigenvalue weighted by molar-refractivity contribution is 5.92. The Morgan fingerprint density at radius 2 is 1.83 bits per heavy atom. The number of nitrogens with zero attached hydrogens (tertiary/aromatic N) is 5. The zero-order valence-electron chi connectivity index (χ0n) is 14.1. The van der Waals surface area contributed by atoms with Crippen molar-refractivity contribution in [1.82, 2.24) is 24.3 Å². The molecule has 0 atom stereocenters. The lowest BCUT2D eigenvalue weighted by atomic mass is 10.3. The fraction of sp³-hybridized carbons (Fsp3) is 0.471. The second-order valence-corrected chi connectivity index (χ2v) is 5.97. The highest BCUT2D eigenvalue weighted by Gasteiger charge is 2.20. The number of imidazole rings is 1. The van der Waals surface area contributed by atoms with Crippen LogP contribution in [-0.4, -0.2) is 63.0 Å². The van der Waals surface area contributed by atoms with Crippen LogP contribution in [-0.2, 0) is 17.9 Å². The Hall–Kier alpha value is -2.25. The molecule has 1 fully saturated rings. The number of aryl methyl sites for hydroxylation is 1. The number of pyridine rings is 1. The molecule has 0 aromatic carbocycles. The van der Waals surface area contributed by atoms with Crippen molar-refractivity contribution in [3.8, 4) is 0 Å². The van der Waals surface area contributed by atoms with E-state index in [0.29, 0.717) is 6.54 Å². The van der Waals surface area contributed by atoms with Crippen LogP contribution in [0.2, 0.25) is 0 Å². The van der Waals surface area contributed by atoms with Crippen LogP contribution in [0.3, 0.4) is 0 Å². The maximum atomic E-state index is 12.1. The van der Waals surface area contributed by atoms with E-state index in [1.54, 1.807) is 24.5 Å². The average Bonchev–Trinajstić information content (AvgIpc) is 3.04. The number of hydrogen-bond acceptors (Lipinski definition) is 5. The fourth-order valence-electron chi connectivity index (χ4n) is 2.92. The van der Waals surface area contributed by atoms with Crippen LogP contribution in [0.4, 0.5) is 5.69 Å². The van der Waals surface area contributed by atoms with E-state index in [1.165, 1.54) is 0 Å². The van der Waals surface area contributed by atoms with Crippen LogP contribution in [0.1, 0.15) is 12.7 Å². The van der Waals surface area contributed by atoms with Crippen molar-refractivity contribution in [2.24, 2.45) is 0 Å². The molecule has 1 N–H and O–H groups in total. The number of nitrogens with one attached hydrogen (secondary N) is 1. The number of carbonyl (C=O) groups is 1. The van der Waals surface area contributed by atoms with E-state index < -0.39 is 0 Å². The quantitative estimate of drug-likeness (QED) is 0.859. The van der Waals surface area contributed by atoms with E-state index in [1.807, 2.05) is 12.4 Å². The third-order valence-corrected chi connectivity index (χ3v) is 4.30. The van der Waals surface area contributed by atoms with Crippen LogP contribution >= 0.6 is 0 Å². The van der Waals surface area contributed by atoms with Crippen LogP contribution in [0.15, 0.2) is 36.9 Å². The Morgan fingerprint density at radius 3 is 2.54 bits per heavy atom. The first-order chi connectivity index (χ1) is 11.7. The SMILES string of the molecule is CCn1ccnc1CN1CCN(CC(=O)Nc2ccncc2)CC1. The van der Waals surface area contributed by atoms with E-state index in [2.05, 4.69) is 36.6 Å². The molecule has 1 amide bonds. The normalized spacial score (nSPS) is 16.2. The van der Waals surface area contributed by atoms with E-state index in [-0.39, 0.29) is 5.91 Å². The third kappa shape index (κ3) is 4.39. The molecule has 128 valence electrons. The maximum absolute atomic E-state index is 12.1. The molecular formula is C17H24N6O. The Labute approximate surface area is 142 Å². The monoisotopic (exact) mass is 328 g/mol. The summed E-state index contributed by atoms with van der Waals surface area (Å²) in [5.74, 6) is 1.14. The minimum atomic E-state index is 0.0242. The molecule has 3 heterocycles. The summed E-state index contributed by atoms with van der Waals surface area (Å²) >= 11 is 0. The van der Waals surface area contributed by atoms with Gasteiger partial charge >= 0.3 is 0 Å². The van der Waals surface area contributed by atoms with Crippen LogP contribution in [0.25, 0.3) is 0 Å². The largest absolute Gasteiger partial charge is 0.334 e. The Balaban J connectivity index is 1.43. The van der Waals surface area contributed by atoms with Gasteiger partial charge in [0.2, 0.25) is 5.91 Å². The van der Waals surface area contributed by atoms with Crippen molar-refractivity contribution in [1.29, 1.82) is 0 Å². The van der Waals surface area contributed by atoms with Crippen LogP contribution in [0.5, 0.6) is 0 Å². The van der Waals surface area contributed by atoms with Gasteiger partial charge in [0.15, 0.2) is 0 Å². The molecule has 0 unspecified atom stereocenters. The van der Waals surface area contributed by atoms with Crippen molar-refractivity contribution in [3.63, 3.8) is 0 Å². The first kappa shape index (κ1) is 16.6. The molecule has 1 aliphatic heterocycles. The molecule has 24 heavy (non-hydrogen) atoms. The highest BCUT2D eigenvalue weighted by atomic mass is 16.2. The molecule has 1 saturated heterocycles. The van der Waals surface area contributed by atoms with Gasteiger partial charge in [-0.3, -0.25) is 19.6 Å². The molecule has 2 aromatic heterocycles. The summed E-state index contributed by atoms with van der Waals surface area (Å²) in [6, 6.07) is 3.59. The lowest BCUT2D eigenvalue weighted by Gasteiger charge is -2.34. The van der Waals surface area contributed by atoms with Gasteiger partial charge in [0.05, 0.1) is 13.1 Å². The van der Waals surface area contributed by atoms with Crippen molar-refractivity contribution >= 4 is 11.6 Å². The van der Waals surface area contributed by atoms with E-state index in [9.17, 15) is 4.79 Å². The fourth-order valence-corrected chi connectivity index (χ4v) is 2.92. The molecule has 0 aliphatic carbocycles.